The third-order valence-corrected chi connectivity index (χ3v) is 2.51. The third kappa shape index (κ3) is 3.11. The van der Waals surface area contributed by atoms with Crippen molar-refractivity contribution in [1.29, 1.82) is 0 Å². The van der Waals surface area contributed by atoms with Crippen LogP contribution in [-0.4, -0.2) is 16.6 Å². The number of nitrogen functional groups attached to an aromatic ring is 1. The third-order valence-electron chi connectivity index (χ3n) is 2.51. The highest BCUT2D eigenvalue weighted by atomic mass is 16.5. The zero-order valence-corrected chi connectivity index (χ0v) is 10.9. The Balaban J connectivity index is 2.23. The lowest BCUT2D eigenvalue weighted by molar-refractivity contribution is 0.338. The number of ether oxygens (including phenoxy) is 2. The molecule has 0 radical (unpaired) electrons. The van der Waals surface area contributed by atoms with Crippen LogP contribution >= 0.6 is 0 Å². The normalized spacial score (nSPS) is 10.1. The molecule has 0 aliphatic carbocycles. The van der Waals surface area contributed by atoms with Crippen LogP contribution in [-0.2, 0) is 0 Å². The van der Waals surface area contributed by atoms with Gasteiger partial charge in [-0.1, -0.05) is 6.07 Å². The van der Waals surface area contributed by atoms with E-state index in [-0.39, 0.29) is 0 Å². The molecule has 0 unspecified atom stereocenters. The van der Waals surface area contributed by atoms with E-state index in [0.717, 1.165) is 11.3 Å². The van der Waals surface area contributed by atoms with Gasteiger partial charge in [0.05, 0.1) is 12.2 Å². The highest BCUT2D eigenvalue weighted by molar-refractivity contribution is 5.48. The summed E-state index contributed by atoms with van der Waals surface area (Å²) in [6, 6.07) is 7.37. The Morgan fingerprint density at radius 3 is 2.79 bits per heavy atom. The molecule has 0 spiro atoms. The number of hydrazine groups is 1. The molecule has 6 heteroatoms. The average molecular weight is 260 g/mol. The second kappa shape index (κ2) is 6.01. The highest BCUT2D eigenvalue weighted by Gasteiger charge is 2.08. The summed E-state index contributed by atoms with van der Waals surface area (Å²) >= 11 is 0. The second-order valence-corrected chi connectivity index (χ2v) is 3.81. The van der Waals surface area contributed by atoms with Crippen LogP contribution in [0.25, 0.3) is 0 Å². The van der Waals surface area contributed by atoms with E-state index >= 15 is 0 Å². The Bertz CT molecular complexity index is 560. The van der Waals surface area contributed by atoms with E-state index in [1.807, 2.05) is 32.0 Å². The van der Waals surface area contributed by atoms with Gasteiger partial charge in [-0.25, -0.2) is 15.8 Å². The highest BCUT2D eigenvalue weighted by Crippen LogP contribution is 2.27. The predicted molar refractivity (Wildman–Crippen MR) is 72.3 cm³/mol. The molecule has 2 rings (SSSR count). The van der Waals surface area contributed by atoms with Crippen LogP contribution in [0.3, 0.4) is 0 Å². The maximum Gasteiger partial charge on any atom is 0.227 e. The first-order valence-electron chi connectivity index (χ1n) is 5.93. The minimum Gasteiger partial charge on any atom is -0.494 e. The fourth-order valence-electron chi connectivity index (χ4n) is 1.59. The quantitative estimate of drug-likeness (QED) is 0.634. The lowest BCUT2D eigenvalue weighted by atomic mass is 10.3. The van der Waals surface area contributed by atoms with Gasteiger partial charge in [-0.15, -0.1) is 0 Å². The maximum atomic E-state index is 5.71. The number of nitrogens with one attached hydrogen (secondary N) is 1. The number of hydrogen-bond donors (Lipinski definition) is 2. The zero-order chi connectivity index (χ0) is 13.7. The first-order valence-corrected chi connectivity index (χ1v) is 5.93. The summed E-state index contributed by atoms with van der Waals surface area (Å²) in [7, 11) is 0. The van der Waals surface area contributed by atoms with E-state index in [1.54, 1.807) is 6.07 Å². The van der Waals surface area contributed by atoms with Gasteiger partial charge >= 0.3 is 0 Å². The van der Waals surface area contributed by atoms with Crippen molar-refractivity contribution in [3.8, 4) is 17.4 Å². The summed E-state index contributed by atoms with van der Waals surface area (Å²) in [5, 5.41) is 0. The summed E-state index contributed by atoms with van der Waals surface area (Å²) in [6.45, 7) is 4.37. The van der Waals surface area contributed by atoms with E-state index in [2.05, 4.69) is 15.4 Å². The maximum absolute atomic E-state index is 5.71. The van der Waals surface area contributed by atoms with E-state index in [0.29, 0.717) is 24.1 Å². The van der Waals surface area contributed by atoms with E-state index in [4.69, 9.17) is 15.3 Å². The van der Waals surface area contributed by atoms with E-state index in [1.165, 1.54) is 6.33 Å². The minimum atomic E-state index is 0.455. The Labute approximate surface area is 111 Å². The standard InChI is InChI=1S/C13H16N4O2/c1-3-18-10-5-4-6-11(7-10)19-13-9(2)12(17-14)15-8-16-13/h4-8H,3,14H2,1-2H3,(H,15,16,17). The van der Waals surface area contributed by atoms with Crippen molar-refractivity contribution in [2.24, 2.45) is 5.84 Å². The predicted octanol–water partition coefficient (Wildman–Crippen LogP) is 2.26. The van der Waals surface area contributed by atoms with Gasteiger partial charge in [0.15, 0.2) is 0 Å². The van der Waals surface area contributed by atoms with Crippen molar-refractivity contribution in [1.82, 2.24) is 9.97 Å². The molecule has 0 bridgehead atoms. The molecule has 0 amide bonds. The lowest BCUT2D eigenvalue weighted by Crippen LogP contribution is -2.11. The molecule has 19 heavy (non-hydrogen) atoms. The van der Waals surface area contributed by atoms with Gasteiger partial charge in [0, 0.05) is 6.07 Å². The number of benzene rings is 1. The molecule has 2 aromatic rings. The summed E-state index contributed by atoms with van der Waals surface area (Å²) in [4.78, 5) is 8.08. The van der Waals surface area contributed by atoms with Gasteiger partial charge < -0.3 is 14.9 Å². The van der Waals surface area contributed by atoms with Gasteiger partial charge in [0.1, 0.15) is 23.6 Å². The smallest absolute Gasteiger partial charge is 0.227 e. The number of aromatic nitrogens is 2. The molecule has 6 nitrogen and oxygen atoms in total. The Kier molecular flexibility index (Phi) is 4.15. The molecular formula is C13H16N4O2. The molecule has 0 atom stereocenters. The molecule has 1 aromatic heterocycles. The first-order chi connectivity index (χ1) is 9.24. The number of nitrogens with two attached hydrogens (primary N) is 1. The van der Waals surface area contributed by atoms with Crippen molar-refractivity contribution >= 4 is 5.82 Å². The second-order valence-electron chi connectivity index (χ2n) is 3.81. The molecule has 1 heterocycles. The molecule has 0 fully saturated rings. The number of rotatable bonds is 5. The van der Waals surface area contributed by atoms with Gasteiger partial charge in [-0.3, -0.25) is 0 Å². The number of nitrogens with zero attached hydrogens (tertiary/aromatic N) is 2. The van der Waals surface area contributed by atoms with Gasteiger partial charge in [0.25, 0.3) is 0 Å². The molecule has 0 aliphatic heterocycles. The molecular weight excluding hydrogens is 244 g/mol. The summed E-state index contributed by atoms with van der Waals surface area (Å²) < 4.78 is 11.1. The van der Waals surface area contributed by atoms with Crippen molar-refractivity contribution in [3.05, 3.63) is 36.2 Å². The van der Waals surface area contributed by atoms with Crippen LogP contribution < -0.4 is 20.7 Å². The molecule has 0 saturated carbocycles. The number of hydrogen-bond acceptors (Lipinski definition) is 6. The SMILES string of the molecule is CCOc1cccc(Oc2ncnc(NN)c2C)c1. The van der Waals surface area contributed by atoms with Crippen LogP contribution in [0.15, 0.2) is 30.6 Å². The fourth-order valence-corrected chi connectivity index (χ4v) is 1.59. The van der Waals surface area contributed by atoms with Crippen LogP contribution in [0.2, 0.25) is 0 Å². The summed E-state index contributed by atoms with van der Waals surface area (Å²) in [5.74, 6) is 7.75. The van der Waals surface area contributed by atoms with Crippen LogP contribution in [0.5, 0.6) is 17.4 Å². The molecule has 100 valence electrons. The molecule has 0 saturated heterocycles. The van der Waals surface area contributed by atoms with Gasteiger partial charge in [0.2, 0.25) is 5.88 Å². The molecule has 1 aromatic carbocycles. The van der Waals surface area contributed by atoms with Crippen LogP contribution in [0, 0.1) is 6.92 Å². The molecule has 0 aliphatic rings. The van der Waals surface area contributed by atoms with Crippen LogP contribution in [0.4, 0.5) is 5.82 Å². The van der Waals surface area contributed by atoms with E-state index < -0.39 is 0 Å². The zero-order valence-electron chi connectivity index (χ0n) is 10.9. The monoisotopic (exact) mass is 260 g/mol. The van der Waals surface area contributed by atoms with Crippen molar-refractivity contribution in [2.45, 2.75) is 13.8 Å². The fraction of sp³-hybridized carbons (Fsp3) is 0.231. The Morgan fingerprint density at radius 1 is 1.26 bits per heavy atom. The van der Waals surface area contributed by atoms with Crippen molar-refractivity contribution in [2.75, 3.05) is 12.0 Å². The van der Waals surface area contributed by atoms with Crippen LogP contribution in [0.1, 0.15) is 12.5 Å². The largest absolute Gasteiger partial charge is 0.494 e. The minimum absolute atomic E-state index is 0.455. The summed E-state index contributed by atoms with van der Waals surface area (Å²) in [5.41, 5.74) is 3.24. The average Bonchev–Trinajstić information content (AvgIpc) is 2.42. The molecule has 3 N–H and O–H groups in total. The topological polar surface area (TPSA) is 82.3 Å². The summed E-state index contributed by atoms with van der Waals surface area (Å²) in [6.07, 6.45) is 1.39. The van der Waals surface area contributed by atoms with Crippen molar-refractivity contribution in [3.63, 3.8) is 0 Å². The van der Waals surface area contributed by atoms with Gasteiger partial charge in [-0.05, 0) is 26.0 Å². The first kappa shape index (κ1) is 13.1. The van der Waals surface area contributed by atoms with E-state index in [9.17, 15) is 0 Å². The Morgan fingerprint density at radius 2 is 2.05 bits per heavy atom. The van der Waals surface area contributed by atoms with Crippen molar-refractivity contribution < 1.29 is 9.47 Å². The lowest BCUT2D eigenvalue weighted by Gasteiger charge is -2.10. The number of anilines is 1. The van der Waals surface area contributed by atoms with Gasteiger partial charge in [-0.2, -0.15) is 0 Å². The Hall–Kier alpha value is -2.34.